The van der Waals surface area contributed by atoms with E-state index in [1.807, 2.05) is 72.8 Å². The first-order chi connectivity index (χ1) is 14.6. The van der Waals surface area contributed by atoms with Crippen molar-refractivity contribution < 1.29 is 5.11 Å². The average Bonchev–Trinajstić information content (AvgIpc) is 2.81. The second-order valence-corrected chi connectivity index (χ2v) is 7.55. The molecular formula is C24H19Cl3N2O. The normalized spacial score (nSPS) is 10.3. The van der Waals surface area contributed by atoms with Crippen molar-refractivity contribution in [2.45, 2.75) is 12.5 Å². The van der Waals surface area contributed by atoms with Crippen LogP contribution in [0.4, 0.5) is 0 Å². The molecule has 4 aromatic rings. The molecule has 6 heteroatoms. The molecule has 2 aromatic carbocycles. The summed E-state index contributed by atoms with van der Waals surface area (Å²) >= 11 is 17.3. The third-order valence-electron chi connectivity index (χ3n) is 4.27. The predicted molar refractivity (Wildman–Crippen MR) is 125 cm³/mol. The van der Waals surface area contributed by atoms with Gasteiger partial charge in [-0.15, -0.1) is 11.6 Å². The van der Waals surface area contributed by atoms with E-state index in [0.29, 0.717) is 10.9 Å². The number of halogens is 3. The quantitative estimate of drug-likeness (QED) is 0.334. The zero-order valence-corrected chi connectivity index (χ0v) is 18.2. The van der Waals surface area contributed by atoms with Gasteiger partial charge in [-0.3, -0.25) is 9.97 Å². The number of pyridine rings is 2. The molecule has 2 heterocycles. The lowest BCUT2D eigenvalue weighted by Crippen LogP contribution is -1.87. The predicted octanol–water partition coefficient (Wildman–Crippen LogP) is 7.04. The maximum atomic E-state index is 8.88. The van der Waals surface area contributed by atoms with Gasteiger partial charge in [0, 0.05) is 39.4 Å². The number of alkyl halides is 1. The van der Waals surface area contributed by atoms with Gasteiger partial charge in [0.2, 0.25) is 0 Å². The van der Waals surface area contributed by atoms with Gasteiger partial charge in [0.15, 0.2) is 0 Å². The summed E-state index contributed by atoms with van der Waals surface area (Å²) in [4.78, 5) is 8.57. The Morgan fingerprint density at radius 3 is 1.37 bits per heavy atom. The Balaban J connectivity index is 0.000000171. The minimum Gasteiger partial charge on any atom is -0.392 e. The summed E-state index contributed by atoms with van der Waals surface area (Å²) in [6.07, 6.45) is 3.46. The van der Waals surface area contributed by atoms with E-state index >= 15 is 0 Å². The van der Waals surface area contributed by atoms with E-state index in [-0.39, 0.29) is 6.61 Å². The van der Waals surface area contributed by atoms with Gasteiger partial charge in [-0.2, -0.15) is 0 Å². The van der Waals surface area contributed by atoms with Crippen LogP contribution in [-0.4, -0.2) is 15.1 Å². The molecule has 2 aromatic heterocycles. The van der Waals surface area contributed by atoms with Crippen molar-refractivity contribution in [3.8, 4) is 22.5 Å². The number of aromatic nitrogens is 2. The summed E-state index contributed by atoms with van der Waals surface area (Å²) in [5.41, 5.74) is 5.72. The molecule has 0 aliphatic rings. The number of hydrogen-bond donors (Lipinski definition) is 1. The van der Waals surface area contributed by atoms with Crippen molar-refractivity contribution in [2.75, 3.05) is 0 Å². The van der Waals surface area contributed by atoms with E-state index in [1.54, 1.807) is 12.4 Å². The number of aliphatic hydroxyl groups excluding tert-OH is 1. The smallest absolute Gasteiger partial charge is 0.0702 e. The SMILES string of the molecule is ClCc1ccc(-c2ccc(Cl)cc2)nc1.OCc1ccc(-c2ccc(Cl)cc2)nc1. The van der Waals surface area contributed by atoms with E-state index in [9.17, 15) is 0 Å². The van der Waals surface area contributed by atoms with Crippen LogP contribution in [0.3, 0.4) is 0 Å². The number of benzene rings is 2. The Hall–Kier alpha value is -2.43. The van der Waals surface area contributed by atoms with Gasteiger partial charge in [0.25, 0.3) is 0 Å². The highest BCUT2D eigenvalue weighted by atomic mass is 35.5. The van der Waals surface area contributed by atoms with E-state index in [0.717, 1.165) is 38.7 Å². The highest BCUT2D eigenvalue weighted by Crippen LogP contribution is 2.20. The average molecular weight is 458 g/mol. The second-order valence-electron chi connectivity index (χ2n) is 6.41. The van der Waals surface area contributed by atoms with E-state index < -0.39 is 0 Å². The van der Waals surface area contributed by atoms with Crippen molar-refractivity contribution in [1.82, 2.24) is 9.97 Å². The van der Waals surface area contributed by atoms with Crippen LogP contribution >= 0.6 is 34.8 Å². The van der Waals surface area contributed by atoms with Crippen LogP contribution in [0.1, 0.15) is 11.1 Å². The highest BCUT2D eigenvalue weighted by Gasteiger charge is 2.00. The van der Waals surface area contributed by atoms with Gasteiger partial charge < -0.3 is 5.11 Å². The molecule has 0 aliphatic carbocycles. The van der Waals surface area contributed by atoms with Crippen LogP contribution < -0.4 is 0 Å². The van der Waals surface area contributed by atoms with Gasteiger partial charge in [0.1, 0.15) is 0 Å². The zero-order valence-electron chi connectivity index (χ0n) is 16.0. The minimum atomic E-state index is 0.0217. The molecule has 3 nitrogen and oxygen atoms in total. The molecule has 0 fully saturated rings. The Labute approximate surface area is 190 Å². The molecule has 152 valence electrons. The Morgan fingerprint density at radius 1 is 0.600 bits per heavy atom. The molecule has 0 aliphatic heterocycles. The maximum Gasteiger partial charge on any atom is 0.0702 e. The van der Waals surface area contributed by atoms with E-state index in [1.165, 1.54) is 0 Å². The monoisotopic (exact) mass is 456 g/mol. The fraction of sp³-hybridized carbons (Fsp3) is 0.0833. The first-order valence-corrected chi connectivity index (χ1v) is 10.5. The lowest BCUT2D eigenvalue weighted by molar-refractivity contribution is 0.281. The molecule has 0 saturated heterocycles. The van der Waals surface area contributed by atoms with Gasteiger partial charge in [-0.1, -0.05) is 59.6 Å². The molecule has 0 atom stereocenters. The summed E-state index contributed by atoms with van der Waals surface area (Å²) < 4.78 is 0. The maximum absolute atomic E-state index is 8.88. The van der Waals surface area contributed by atoms with Crippen molar-refractivity contribution in [2.24, 2.45) is 0 Å². The molecule has 0 radical (unpaired) electrons. The third kappa shape index (κ3) is 6.28. The number of aliphatic hydroxyl groups is 1. The Morgan fingerprint density at radius 2 is 1.03 bits per heavy atom. The molecule has 4 rings (SSSR count). The topological polar surface area (TPSA) is 46.0 Å². The fourth-order valence-corrected chi connectivity index (χ4v) is 3.01. The molecule has 0 spiro atoms. The molecule has 1 N–H and O–H groups in total. The lowest BCUT2D eigenvalue weighted by atomic mass is 10.1. The van der Waals surface area contributed by atoms with Crippen LogP contribution in [-0.2, 0) is 12.5 Å². The standard InChI is InChI=1S/C12H9Cl2N.C12H10ClNO/c13-7-9-1-6-12(15-8-9)10-2-4-11(14)5-3-10;13-11-4-2-10(3-5-11)12-6-1-9(8-15)7-14-12/h1-6,8H,7H2;1-7,15H,8H2. The first-order valence-electron chi connectivity index (χ1n) is 9.17. The first kappa shape index (κ1) is 22.3. The van der Waals surface area contributed by atoms with Gasteiger partial charge in [0.05, 0.1) is 18.0 Å². The van der Waals surface area contributed by atoms with Gasteiger partial charge >= 0.3 is 0 Å². The van der Waals surface area contributed by atoms with Crippen LogP contribution in [0.5, 0.6) is 0 Å². The second kappa shape index (κ2) is 11.1. The largest absolute Gasteiger partial charge is 0.392 e. The Bertz CT molecular complexity index is 961. The summed E-state index contributed by atoms with van der Waals surface area (Å²) in [6.45, 7) is 0.0217. The highest BCUT2D eigenvalue weighted by molar-refractivity contribution is 6.30. The molecule has 0 unspecified atom stereocenters. The van der Waals surface area contributed by atoms with Crippen LogP contribution in [0, 0.1) is 0 Å². The van der Waals surface area contributed by atoms with Crippen molar-refractivity contribution >= 4 is 34.8 Å². The zero-order chi connectivity index (χ0) is 21.3. The summed E-state index contributed by atoms with van der Waals surface area (Å²) in [5.74, 6) is 0.494. The van der Waals surface area contributed by atoms with Gasteiger partial charge in [-0.05, 0) is 47.5 Å². The van der Waals surface area contributed by atoms with Gasteiger partial charge in [-0.25, -0.2) is 0 Å². The van der Waals surface area contributed by atoms with Crippen molar-refractivity contribution in [1.29, 1.82) is 0 Å². The molecule has 0 saturated carbocycles. The number of nitrogens with zero attached hydrogens (tertiary/aromatic N) is 2. The van der Waals surface area contributed by atoms with Crippen LogP contribution in [0.25, 0.3) is 22.5 Å². The molecular weight excluding hydrogens is 439 g/mol. The number of hydrogen-bond acceptors (Lipinski definition) is 3. The minimum absolute atomic E-state index is 0.0217. The van der Waals surface area contributed by atoms with Crippen LogP contribution in [0.2, 0.25) is 10.0 Å². The lowest BCUT2D eigenvalue weighted by Gasteiger charge is -2.01. The van der Waals surface area contributed by atoms with E-state index in [2.05, 4.69) is 9.97 Å². The summed E-state index contributed by atoms with van der Waals surface area (Å²) in [7, 11) is 0. The third-order valence-corrected chi connectivity index (χ3v) is 5.08. The van der Waals surface area contributed by atoms with Crippen LogP contribution in [0.15, 0.2) is 85.2 Å². The fourth-order valence-electron chi connectivity index (χ4n) is 2.60. The summed E-state index contributed by atoms with van der Waals surface area (Å²) in [6, 6.07) is 22.8. The molecule has 0 bridgehead atoms. The van der Waals surface area contributed by atoms with Crippen molar-refractivity contribution in [3.63, 3.8) is 0 Å². The Kier molecular flexibility index (Phi) is 8.23. The molecule has 30 heavy (non-hydrogen) atoms. The van der Waals surface area contributed by atoms with E-state index in [4.69, 9.17) is 39.9 Å². The summed E-state index contributed by atoms with van der Waals surface area (Å²) in [5, 5.41) is 10.3. The van der Waals surface area contributed by atoms with Crippen molar-refractivity contribution in [3.05, 3.63) is 106 Å². The number of rotatable bonds is 4. The molecule has 0 amide bonds.